The smallest absolute Gasteiger partial charge is 0.387 e. The molecule has 0 unspecified atom stereocenters. The lowest BCUT2D eigenvalue weighted by Gasteiger charge is -2.17. The van der Waals surface area contributed by atoms with Crippen molar-refractivity contribution >= 4 is 0 Å². The van der Waals surface area contributed by atoms with Crippen molar-refractivity contribution in [2.45, 2.75) is 44.3 Å². The van der Waals surface area contributed by atoms with Gasteiger partial charge in [0, 0.05) is 0 Å². The molecule has 0 saturated heterocycles. The molecule has 1 aliphatic rings. The van der Waals surface area contributed by atoms with Crippen molar-refractivity contribution in [3.63, 3.8) is 0 Å². The standard InChI is InChI=1S/C15H17F2N3O2/c16-14(17)21-11-5-3-4-10(8-11)9-12-19-13(20-22-12)15(18)6-1-2-7-15/h3-5,8,14H,1-2,6-7,9,18H2. The number of aromatic nitrogens is 2. The van der Waals surface area contributed by atoms with Crippen LogP contribution in [0.1, 0.15) is 43.0 Å². The molecule has 1 aromatic heterocycles. The first-order valence-corrected chi connectivity index (χ1v) is 7.21. The Hall–Kier alpha value is -2.02. The molecule has 5 nitrogen and oxygen atoms in total. The fraction of sp³-hybridized carbons (Fsp3) is 0.467. The van der Waals surface area contributed by atoms with Crippen molar-refractivity contribution in [2.24, 2.45) is 5.73 Å². The van der Waals surface area contributed by atoms with Gasteiger partial charge in [-0.3, -0.25) is 0 Å². The number of alkyl halides is 2. The van der Waals surface area contributed by atoms with Crippen molar-refractivity contribution in [3.8, 4) is 5.75 Å². The van der Waals surface area contributed by atoms with Crippen molar-refractivity contribution in [2.75, 3.05) is 0 Å². The first-order valence-electron chi connectivity index (χ1n) is 7.21. The molecule has 1 aliphatic carbocycles. The summed E-state index contributed by atoms with van der Waals surface area (Å²) in [5.41, 5.74) is 6.54. The number of rotatable bonds is 5. The molecule has 7 heteroatoms. The van der Waals surface area contributed by atoms with Gasteiger partial charge in [-0.25, -0.2) is 0 Å². The van der Waals surface area contributed by atoms with E-state index in [0.29, 0.717) is 18.1 Å². The Labute approximate surface area is 126 Å². The molecule has 0 bridgehead atoms. The Balaban J connectivity index is 1.72. The average Bonchev–Trinajstić information content (AvgIpc) is 3.09. The van der Waals surface area contributed by atoms with Crippen LogP contribution in [-0.4, -0.2) is 16.8 Å². The van der Waals surface area contributed by atoms with Gasteiger partial charge in [0.2, 0.25) is 5.89 Å². The SMILES string of the molecule is NC1(c2noc(Cc3cccc(OC(F)F)c3)n2)CCCC1. The summed E-state index contributed by atoms with van der Waals surface area (Å²) in [7, 11) is 0. The second-order valence-electron chi connectivity index (χ2n) is 5.58. The van der Waals surface area contributed by atoms with Crippen LogP contribution in [0.15, 0.2) is 28.8 Å². The van der Waals surface area contributed by atoms with Crippen molar-refractivity contribution in [3.05, 3.63) is 41.5 Å². The summed E-state index contributed by atoms with van der Waals surface area (Å²) in [6.07, 6.45) is 4.18. The van der Waals surface area contributed by atoms with E-state index in [1.165, 1.54) is 12.1 Å². The Bertz CT molecular complexity index is 639. The molecule has 0 aliphatic heterocycles. The quantitative estimate of drug-likeness (QED) is 0.919. The number of hydrogen-bond donors (Lipinski definition) is 1. The van der Waals surface area contributed by atoms with Gasteiger partial charge in [0.05, 0.1) is 12.0 Å². The van der Waals surface area contributed by atoms with E-state index in [0.717, 1.165) is 31.2 Å². The Kier molecular flexibility index (Phi) is 4.06. The second-order valence-corrected chi connectivity index (χ2v) is 5.58. The third-order valence-electron chi connectivity index (χ3n) is 3.89. The molecule has 0 amide bonds. The number of nitrogens with two attached hydrogens (primary N) is 1. The molecular formula is C15H17F2N3O2. The van der Waals surface area contributed by atoms with Crippen molar-refractivity contribution in [1.82, 2.24) is 10.1 Å². The fourth-order valence-electron chi connectivity index (χ4n) is 2.76. The highest BCUT2D eigenvalue weighted by Gasteiger charge is 2.35. The summed E-state index contributed by atoms with van der Waals surface area (Å²) >= 11 is 0. The molecular weight excluding hydrogens is 292 g/mol. The van der Waals surface area contributed by atoms with Crippen LogP contribution in [0.5, 0.6) is 5.75 Å². The van der Waals surface area contributed by atoms with Gasteiger partial charge < -0.3 is 15.0 Å². The lowest BCUT2D eigenvalue weighted by Crippen LogP contribution is -2.34. The van der Waals surface area contributed by atoms with E-state index in [9.17, 15) is 8.78 Å². The number of hydrogen-bond acceptors (Lipinski definition) is 5. The van der Waals surface area contributed by atoms with Crippen LogP contribution in [0.4, 0.5) is 8.78 Å². The van der Waals surface area contributed by atoms with Crippen molar-refractivity contribution < 1.29 is 18.0 Å². The predicted octanol–water partition coefficient (Wildman–Crippen LogP) is 2.99. The Morgan fingerprint density at radius 2 is 2.09 bits per heavy atom. The summed E-state index contributed by atoms with van der Waals surface area (Å²) in [4.78, 5) is 4.36. The molecule has 1 aromatic carbocycles. The van der Waals surface area contributed by atoms with Gasteiger partial charge in [0.25, 0.3) is 0 Å². The molecule has 0 atom stereocenters. The zero-order valence-electron chi connectivity index (χ0n) is 12.0. The fourth-order valence-corrected chi connectivity index (χ4v) is 2.76. The first kappa shape index (κ1) is 14.9. The third kappa shape index (κ3) is 3.24. The van der Waals surface area contributed by atoms with Gasteiger partial charge in [-0.1, -0.05) is 30.1 Å². The summed E-state index contributed by atoms with van der Waals surface area (Å²) in [5.74, 6) is 1.05. The minimum atomic E-state index is -2.84. The summed E-state index contributed by atoms with van der Waals surface area (Å²) in [6.45, 7) is -2.84. The second kappa shape index (κ2) is 6.00. The molecule has 1 fully saturated rings. The zero-order valence-corrected chi connectivity index (χ0v) is 12.0. The highest BCUT2D eigenvalue weighted by molar-refractivity contribution is 5.30. The lowest BCUT2D eigenvalue weighted by molar-refractivity contribution is -0.0498. The van der Waals surface area contributed by atoms with E-state index in [1.807, 2.05) is 0 Å². The van der Waals surface area contributed by atoms with Gasteiger partial charge in [-0.2, -0.15) is 13.8 Å². The average molecular weight is 309 g/mol. The highest BCUT2D eigenvalue weighted by atomic mass is 19.3. The monoisotopic (exact) mass is 309 g/mol. The van der Waals surface area contributed by atoms with E-state index >= 15 is 0 Å². The Morgan fingerprint density at radius 1 is 1.32 bits per heavy atom. The van der Waals surface area contributed by atoms with E-state index in [1.54, 1.807) is 12.1 Å². The molecule has 1 heterocycles. The molecule has 2 aromatic rings. The first-order chi connectivity index (χ1) is 10.5. The number of halogens is 2. The molecule has 1 saturated carbocycles. The van der Waals surface area contributed by atoms with Gasteiger partial charge in [-0.05, 0) is 30.5 Å². The van der Waals surface area contributed by atoms with Crippen LogP contribution in [0.25, 0.3) is 0 Å². The maximum Gasteiger partial charge on any atom is 0.387 e. The van der Waals surface area contributed by atoms with E-state index in [4.69, 9.17) is 10.3 Å². The number of benzene rings is 1. The molecule has 0 radical (unpaired) electrons. The van der Waals surface area contributed by atoms with Crippen LogP contribution in [-0.2, 0) is 12.0 Å². The van der Waals surface area contributed by atoms with Gasteiger partial charge in [0.1, 0.15) is 5.75 Å². The molecule has 118 valence electrons. The highest BCUT2D eigenvalue weighted by Crippen LogP contribution is 2.34. The minimum absolute atomic E-state index is 0.110. The largest absolute Gasteiger partial charge is 0.435 e. The number of ether oxygens (including phenoxy) is 1. The maximum atomic E-state index is 12.2. The molecule has 22 heavy (non-hydrogen) atoms. The molecule has 2 N–H and O–H groups in total. The topological polar surface area (TPSA) is 74.2 Å². The lowest BCUT2D eigenvalue weighted by atomic mass is 9.99. The summed E-state index contributed by atoms with van der Waals surface area (Å²) < 4.78 is 34.1. The van der Waals surface area contributed by atoms with Crippen LogP contribution in [0.2, 0.25) is 0 Å². The molecule has 3 rings (SSSR count). The van der Waals surface area contributed by atoms with Crippen LogP contribution >= 0.6 is 0 Å². The van der Waals surface area contributed by atoms with E-state index < -0.39 is 12.2 Å². The minimum Gasteiger partial charge on any atom is -0.435 e. The van der Waals surface area contributed by atoms with Crippen LogP contribution in [0.3, 0.4) is 0 Å². The summed E-state index contributed by atoms with van der Waals surface area (Å²) in [6, 6.07) is 6.44. The van der Waals surface area contributed by atoms with Crippen molar-refractivity contribution in [1.29, 1.82) is 0 Å². The van der Waals surface area contributed by atoms with Crippen LogP contribution < -0.4 is 10.5 Å². The Morgan fingerprint density at radius 3 is 2.82 bits per heavy atom. The van der Waals surface area contributed by atoms with Gasteiger partial charge >= 0.3 is 6.61 Å². The van der Waals surface area contributed by atoms with E-state index in [-0.39, 0.29) is 5.75 Å². The van der Waals surface area contributed by atoms with Crippen LogP contribution in [0, 0.1) is 0 Å². The maximum absolute atomic E-state index is 12.2. The van der Waals surface area contributed by atoms with Gasteiger partial charge in [0.15, 0.2) is 5.82 Å². The van der Waals surface area contributed by atoms with Gasteiger partial charge in [-0.15, -0.1) is 0 Å². The normalized spacial score (nSPS) is 17.1. The summed E-state index contributed by atoms with van der Waals surface area (Å²) in [5, 5.41) is 3.97. The zero-order chi connectivity index (χ0) is 15.6. The number of nitrogens with zero attached hydrogens (tertiary/aromatic N) is 2. The van der Waals surface area contributed by atoms with E-state index in [2.05, 4.69) is 14.9 Å². The predicted molar refractivity (Wildman–Crippen MR) is 74.5 cm³/mol. The third-order valence-corrected chi connectivity index (χ3v) is 3.89. The molecule has 0 spiro atoms.